The Hall–Kier alpha value is -1.89. The van der Waals surface area contributed by atoms with Crippen LogP contribution in [0.25, 0.3) is 6.08 Å². The summed E-state index contributed by atoms with van der Waals surface area (Å²) in [6.45, 7) is 7.37. The van der Waals surface area contributed by atoms with Gasteiger partial charge in [0.2, 0.25) is 0 Å². The van der Waals surface area contributed by atoms with Crippen LogP contribution in [-0.2, 0) is 23.7 Å². The molecule has 3 aliphatic rings. The van der Waals surface area contributed by atoms with Crippen LogP contribution < -0.4 is 4.74 Å². The maximum atomic E-state index is 12.6. The van der Waals surface area contributed by atoms with Gasteiger partial charge >= 0.3 is 5.97 Å². The zero-order valence-corrected chi connectivity index (χ0v) is 19.8. The lowest BCUT2D eigenvalue weighted by Crippen LogP contribution is -2.55. The number of esters is 1. The summed E-state index contributed by atoms with van der Waals surface area (Å²) in [6, 6.07) is 7.51. The summed E-state index contributed by atoms with van der Waals surface area (Å²) in [7, 11) is 3.32. The number of rotatable bonds is 9. The van der Waals surface area contributed by atoms with Gasteiger partial charge in [0.15, 0.2) is 0 Å². The van der Waals surface area contributed by atoms with Crippen LogP contribution in [0, 0.1) is 11.8 Å². The van der Waals surface area contributed by atoms with Crippen LogP contribution in [0.2, 0.25) is 0 Å². The minimum Gasteiger partial charge on any atom is -0.497 e. The Morgan fingerprint density at radius 3 is 2.56 bits per heavy atom. The van der Waals surface area contributed by atoms with E-state index < -0.39 is 0 Å². The maximum Gasteiger partial charge on any atom is 0.331 e. The number of benzene rings is 1. The quantitative estimate of drug-likeness (QED) is 0.319. The highest BCUT2D eigenvalue weighted by Crippen LogP contribution is 2.59. The first kappa shape index (κ1) is 23.3. The lowest BCUT2D eigenvalue weighted by molar-refractivity contribution is -0.166. The Balaban J connectivity index is 1.42. The first-order chi connectivity index (χ1) is 15.3. The number of carbonyl (C=O) groups excluding carboxylic acids is 1. The van der Waals surface area contributed by atoms with E-state index in [9.17, 15) is 4.79 Å². The summed E-state index contributed by atoms with van der Waals surface area (Å²) in [5, 5.41) is 0. The van der Waals surface area contributed by atoms with Gasteiger partial charge in [-0.15, -0.1) is 0 Å². The fourth-order valence-electron chi connectivity index (χ4n) is 5.34. The molecule has 3 fully saturated rings. The van der Waals surface area contributed by atoms with Gasteiger partial charge in [-0.3, -0.25) is 0 Å². The second kappa shape index (κ2) is 9.16. The van der Waals surface area contributed by atoms with Gasteiger partial charge in [0.05, 0.1) is 25.7 Å². The largest absolute Gasteiger partial charge is 0.497 e. The van der Waals surface area contributed by atoms with Gasteiger partial charge in [-0.05, 0) is 62.3 Å². The molecule has 6 heteroatoms. The average molecular weight is 445 g/mol. The summed E-state index contributed by atoms with van der Waals surface area (Å²) in [4.78, 5) is 12.6. The smallest absolute Gasteiger partial charge is 0.331 e. The average Bonchev–Trinajstić information content (AvgIpc) is 3.69. The van der Waals surface area contributed by atoms with Crippen molar-refractivity contribution < 1.29 is 28.5 Å². The molecule has 0 N–H and O–H groups in total. The van der Waals surface area contributed by atoms with Crippen LogP contribution in [-0.4, -0.2) is 56.3 Å². The SMILES string of the molecule is COc1ccc(C=CC(=O)OC2CCC3(CO3)C([C@@]3(C)O[C@@H]3CCC(C)C)C2OC)cc1. The maximum absolute atomic E-state index is 12.6. The van der Waals surface area contributed by atoms with Crippen LogP contribution in [0.15, 0.2) is 30.3 Å². The summed E-state index contributed by atoms with van der Waals surface area (Å²) >= 11 is 0. The summed E-state index contributed by atoms with van der Waals surface area (Å²) in [5.41, 5.74) is 0.407. The molecule has 176 valence electrons. The first-order valence-electron chi connectivity index (χ1n) is 11.7. The molecule has 0 aromatic heterocycles. The topological polar surface area (TPSA) is 69.8 Å². The fourth-order valence-corrected chi connectivity index (χ4v) is 5.34. The van der Waals surface area contributed by atoms with Gasteiger partial charge < -0.3 is 23.7 Å². The van der Waals surface area contributed by atoms with Crippen molar-refractivity contribution in [1.29, 1.82) is 0 Å². The van der Waals surface area contributed by atoms with Gasteiger partial charge in [-0.1, -0.05) is 26.0 Å². The molecule has 0 amide bonds. The van der Waals surface area contributed by atoms with Crippen molar-refractivity contribution in [3.05, 3.63) is 35.9 Å². The van der Waals surface area contributed by atoms with E-state index >= 15 is 0 Å². The van der Waals surface area contributed by atoms with Gasteiger partial charge in [0.25, 0.3) is 0 Å². The third kappa shape index (κ3) is 4.73. The first-order valence-corrected chi connectivity index (χ1v) is 11.7. The predicted molar refractivity (Wildman–Crippen MR) is 121 cm³/mol. The zero-order valence-electron chi connectivity index (χ0n) is 19.8. The summed E-state index contributed by atoms with van der Waals surface area (Å²) < 4.78 is 29.2. The van der Waals surface area contributed by atoms with Gasteiger partial charge in [-0.25, -0.2) is 4.79 Å². The Morgan fingerprint density at radius 1 is 1.25 bits per heavy atom. The predicted octanol–water partition coefficient (Wildman–Crippen LogP) is 4.41. The van der Waals surface area contributed by atoms with Crippen molar-refractivity contribution in [3.63, 3.8) is 0 Å². The van der Waals surface area contributed by atoms with Gasteiger partial charge in [0.1, 0.15) is 29.2 Å². The van der Waals surface area contributed by atoms with Crippen molar-refractivity contribution in [2.45, 2.75) is 76.0 Å². The van der Waals surface area contributed by atoms with Crippen molar-refractivity contribution in [3.8, 4) is 5.75 Å². The van der Waals surface area contributed by atoms with E-state index in [0.29, 0.717) is 5.92 Å². The third-order valence-corrected chi connectivity index (χ3v) is 7.30. The molecule has 0 radical (unpaired) electrons. The third-order valence-electron chi connectivity index (χ3n) is 7.30. The molecule has 1 aromatic carbocycles. The fraction of sp³-hybridized carbons (Fsp3) is 0.654. The van der Waals surface area contributed by atoms with Crippen molar-refractivity contribution >= 4 is 12.0 Å². The van der Waals surface area contributed by atoms with Crippen LogP contribution in [0.5, 0.6) is 5.75 Å². The van der Waals surface area contributed by atoms with Crippen molar-refractivity contribution in [1.82, 2.24) is 0 Å². The number of hydrogen-bond acceptors (Lipinski definition) is 6. The normalized spacial score (nSPS) is 35.9. The molecule has 2 aliphatic heterocycles. The highest BCUT2D eigenvalue weighted by molar-refractivity contribution is 5.87. The van der Waals surface area contributed by atoms with E-state index in [1.165, 1.54) is 6.08 Å². The molecule has 4 rings (SSSR count). The molecule has 4 unspecified atom stereocenters. The Bertz CT molecular complexity index is 827. The molecule has 1 saturated carbocycles. The molecule has 1 aromatic rings. The second-order valence-electron chi connectivity index (χ2n) is 9.91. The summed E-state index contributed by atoms with van der Waals surface area (Å²) in [5.74, 6) is 1.11. The lowest BCUT2D eigenvalue weighted by Gasteiger charge is -2.42. The van der Waals surface area contributed by atoms with Crippen LogP contribution in [0.1, 0.15) is 52.0 Å². The minimum atomic E-state index is -0.363. The van der Waals surface area contributed by atoms with E-state index in [1.807, 2.05) is 24.3 Å². The lowest BCUT2D eigenvalue weighted by atomic mass is 9.68. The van der Waals surface area contributed by atoms with Gasteiger partial charge in [-0.2, -0.15) is 0 Å². The van der Waals surface area contributed by atoms with Gasteiger partial charge in [0, 0.05) is 13.2 Å². The van der Waals surface area contributed by atoms with E-state index in [4.69, 9.17) is 23.7 Å². The highest BCUT2D eigenvalue weighted by atomic mass is 16.6. The Morgan fingerprint density at radius 2 is 1.97 bits per heavy atom. The summed E-state index contributed by atoms with van der Waals surface area (Å²) in [6.07, 6.45) is 6.61. The second-order valence-corrected chi connectivity index (χ2v) is 9.91. The van der Waals surface area contributed by atoms with Crippen molar-refractivity contribution in [2.75, 3.05) is 20.8 Å². The van der Waals surface area contributed by atoms with E-state index in [-0.39, 0.29) is 41.4 Å². The molecule has 1 aliphatic carbocycles. The number of epoxide rings is 2. The van der Waals surface area contributed by atoms with Crippen LogP contribution in [0.4, 0.5) is 0 Å². The molecule has 2 saturated heterocycles. The monoisotopic (exact) mass is 444 g/mol. The van der Waals surface area contributed by atoms with E-state index in [2.05, 4.69) is 20.8 Å². The molecular weight excluding hydrogens is 408 g/mol. The molecule has 32 heavy (non-hydrogen) atoms. The zero-order chi connectivity index (χ0) is 22.9. The number of hydrogen-bond donors (Lipinski definition) is 0. The molecule has 6 atom stereocenters. The molecule has 1 spiro atoms. The number of carbonyl (C=O) groups is 1. The number of ether oxygens (including phenoxy) is 5. The molecule has 0 bridgehead atoms. The van der Waals surface area contributed by atoms with Crippen molar-refractivity contribution in [2.24, 2.45) is 11.8 Å². The van der Waals surface area contributed by atoms with Crippen LogP contribution in [0.3, 0.4) is 0 Å². The van der Waals surface area contributed by atoms with E-state index in [1.54, 1.807) is 20.3 Å². The molecule has 2 heterocycles. The Kier molecular flexibility index (Phi) is 6.66. The molecule has 6 nitrogen and oxygen atoms in total. The standard InChI is InChI=1S/C26H36O6/c1-17(2)6-12-21-25(3,32-21)24-23(29-5)20(14-15-26(24)16-30-26)31-22(27)13-9-18-7-10-19(28-4)11-8-18/h7-11,13,17,20-21,23-24H,6,12,14-16H2,1-5H3/t20?,21-,23?,24?,25+,26?/m1/s1. The minimum absolute atomic E-state index is 0.0503. The Labute approximate surface area is 191 Å². The van der Waals surface area contributed by atoms with E-state index in [0.717, 1.165) is 43.6 Å². The highest BCUT2D eigenvalue weighted by Gasteiger charge is 2.72. The number of methoxy groups -OCH3 is 2. The van der Waals surface area contributed by atoms with Crippen LogP contribution >= 0.6 is 0 Å². The molecular formula is C26H36O6.